The highest BCUT2D eigenvalue weighted by molar-refractivity contribution is 6.01. The molecule has 0 atom stereocenters. The molecule has 0 radical (unpaired) electrons. The number of aromatic nitrogens is 1. The van der Waals surface area contributed by atoms with Gasteiger partial charge in [-0.1, -0.05) is 18.7 Å². The Hall–Kier alpha value is -3.02. The molecule has 1 aromatic carbocycles. The topological polar surface area (TPSA) is 75.9 Å². The molecule has 0 aliphatic heterocycles. The summed E-state index contributed by atoms with van der Waals surface area (Å²) in [4.78, 5) is 5.87. The van der Waals surface area contributed by atoms with Gasteiger partial charge in [0.1, 0.15) is 17.3 Å². The van der Waals surface area contributed by atoms with Gasteiger partial charge in [-0.3, -0.25) is 10.8 Å². The predicted molar refractivity (Wildman–Crippen MR) is 101 cm³/mol. The quantitative estimate of drug-likeness (QED) is 0.544. The molecule has 0 saturated heterocycles. The summed E-state index contributed by atoms with van der Waals surface area (Å²) in [6.07, 6.45) is 1.11. The SMILES string of the molecule is C=C(Nc1cccc(C(=N)N(C=N)C(C)C)n1)c1ccc(C)cc1F. The minimum Gasteiger partial charge on any atom is -0.340 e. The molecule has 5 nitrogen and oxygen atoms in total. The molecule has 130 valence electrons. The van der Waals surface area contributed by atoms with Crippen LogP contribution in [0.25, 0.3) is 5.70 Å². The Balaban J connectivity index is 2.23. The third-order valence-electron chi connectivity index (χ3n) is 3.67. The first kappa shape index (κ1) is 18.3. The van der Waals surface area contributed by atoms with Crippen molar-refractivity contribution >= 4 is 23.7 Å². The molecule has 0 bridgehead atoms. The molecule has 0 fully saturated rings. The fourth-order valence-corrected chi connectivity index (χ4v) is 2.33. The molecule has 0 unspecified atom stereocenters. The summed E-state index contributed by atoms with van der Waals surface area (Å²) in [5.41, 5.74) is 2.01. The molecule has 0 aliphatic rings. The van der Waals surface area contributed by atoms with E-state index >= 15 is 0 Å². The first-order valence-corrected chi connectivity index (χ1v) is 7.91. The minimum atomic E-state index is -0.351. The number of nitrogens with one attached hydrogen (secondary N) is 3. The van der Waals surface area contributed by atoms with Gasteiger partial charge in [0.25, 0.3) is 0 Å². The van der Waals surface area contributed by atoms with Crippen LogP contribution in [0.15, 0.2) is 43.0 Å². The normalized spacial score (nSPS) is 10.4. The third kappa shape index (κ3) is 4.29. The number of pyridine rings is 1. The molecule has 1 aromatic heterocycles. The van der Waals surface area contributed by atoms with E-state index in [1.54, 1.807) is 24.3 Å². The molecule has 1 heterocycles. The number of hydrogen-bond acceptors (Lipinski definition) is 4. The van der Waals surface area contributed by atoms with Crippen LogP contribution in [0.5, 0.6) is 0 Å². The lowest BCUT2D eigenvalue weighted by Gasteiger charge is -2.23. The van der Waals surface area contributed by atoms with Gasteiger partial charge in [0.2, 0.25) is 0 Å². The standard InChI is InChI=1S/C19H22FN5/c1-12(2)25(11-21)19(22)17-6-5-7-18(24-17)23-14(4)15-9-8-13(3)10-16(15)20/h5-12,21-22H,4H2,1-3H3,(H,23,24). The molecule has 0 saturated carbocycles. The molecule has 2 aromatic rings. The van der Waals surface area contributed by atoms with E-state index in [9.17, 15) is 4.39 Å². The zero-order chi connectivity index (χ0) is 18.6. The molecule has 0 amide bonds. The van der Waals surface area contributed by atoms with Gasteiger partial charge in [-0.25, -0.2) is 9.37 Å². The van der Waals surface area contributed by atoms with E-state index in [-0.39, 0.29) is 17.7 Å². The van der Waals surface area contributed by atoms with Crippen LogP contribution in [0.2, 0.25) is 0 Å². The van der Waals surface area contributed by atoms with Gasteiger partial charge in [-0.2, -0.15) is 0 Å². The fraction of sp³-hybridized carbons (Fsp3) is 0.211. The monoisotopic (exact) mass is 339 g/mol. The van der Waals surface area contributed by atoms with Gasteiger partial charge in [0.15, 0.2) is 5.84 Å². The summed E-state index contributed by atoms with van der Waals surface area (Å²) in [5, 5.41) is 18.7. The number of rotatable bonds is 6. The van der Waals surface area contributed by atoms with Crippen LogP contribution < -0.4 is 5.32 Å². The van der Waals surface area contributed by atoms with Crippen molar-refractivity contribution in [2.75, 3.05) is 5.32 Å². The van der Waals surface area contributed by atoms with Gasteiger partial charge in [0, 0.05) is 17.3 Å². The van der Waals surface area contributed by atoms with Crippen LogP contribution in [0.4, 0.5) is 10.2 Å². The Morgan fingerprint density at radius 3 is 2.64 bits per heavy atom. The first-order chi connectivity index (χ1) is 11.8. The maximum Gasteiger partial charge on any atom is 0.152 e. The van der Waals surface area contributed by atoms with Crippen LogP contribution in [0, 0.1) is 23.6 Å². The van der Waals surface area contributed by atoms with Crippen LogP contribution in [-0.2, 0) is 0 Å². The molecular formula is C19H22FN5. The maximum absolute atomic E-state index is 14.1. The lowest BCUT2D eigenvalue weighted by molar-refractivity contribution is 0.507. The van der Waals surface area contributed by atoms with Gasteiger partial charge in [-0.15, -0.1) is 0 Å². The van der Waals surface area contributed by atoms with Crippen molar-refractivity contribution in [3.05, 3.63) is 65.6 Å². The summed E-state index contributed by atoms with van der Waals surface area (Å²) >= 11 is 0. The fourth-order valence-electron chi connectivity index (χ4n) is 2.33. The molecule has 0 spiro atoms. The highest BCUT2D eigenvalue weighted by atomic mass is 19.1. The molecule has 25 heavy (non-hydrogen) atoms. The Bertz CT molecular complexity index is 813. The second-order valence-corrected chi connectivity index (χ2v) is 5.97. The van der Waals surface area contributed by atoms with E-state index in [1.165, 1.54) is 11.0 Å². The minimum absolute atomic E-state index is 0.0277. The van der Waals surface area contributed by atoms with Gasteiger partial charge in [-0.05, 0) is 50.6 Å². The molecule has 2 rings (SSSR count). The van der Waals surface area contributed by atoms with E-state index in [2.05, 4.69) is 16.9 Å². The van der Waals surface area contributed by atoms with Crippen LogP contribution >= 0.6 is 0 Å². The second kappa shape index (κ2) is 7.70. The highest BCUT2D eigenvalue weighted by Gasteiger charge is 2.15. The highest BCUT2D eigenvalue weighted by Crippen LogP contribution is 2.20. The smallest absolute Gasteiger partial charge is 0.152 e. The van der Waals surface area contributed by atoms with Gasteiger partial charge in [0.05, 0.1) is 6.34 Å². The van der Waals surface area contributed by atoms with Crippen LogP contribution in [-0.4, -0.2) is 28.1 Å². The van der Waals surface area contributed by atoms with Crippen molar-refractivity contribution in [1.82, 2.24) is 9.88 Å². The summed E-state index contributed by atoms with van der Waals surface area (Å²) in [7, 11) is 0. The predicted octanol–water partition coefficient (Wildman–Crippen LogP) is 4.25. The molecule has 0 aliphatic carbocycles. The van der Waals surface area contributed by atoms with Gasteiger partial charge >= 0.3 is 0 Å². The van der Waals surface area contributed by atoms with Crippen molar-refractivity contribution in [2.24, 2.45) is 0 Å². The van der Waals surface area contributed by atoms with Crippen LogP contribution in [0.1, 0.15) is 30.7 Å². The molecular weight excluding hydrogens is 317 g/mol. The van der Waals surface area contributed by atoms with E-state index in [4.69, 9.17) is 10.8 Å². The number of halogens is 1. The zero-order valence-corrected chi connectivity index (χ0v) is 14.6. The van der Waals surface area contributed by atoms with Crippen molar-refractivity contribution in [1.29, 1.82) is 10.8 Å². The summed E-state index contributed by atoms with van der Waals surface area (Å²) in [6.45, 7) is 9.48. The number of amidine groups is 1. The molecule has 3 N–H and O–H groups in total. The number of benzene rings is 1. The van der Waals surface area contributed by atoms with Crippen LogP contribution in [0.3, 0.4) is 0 Å². The zero-order valence-electron chi connectivity index (χ0n) is 14.6. The van der Waals surface area contributed by atoms with Crippen molar-refractivity contribution in [2.45, 2.75) is 26.8 Å². The summed E-state index contributed by atoms with van der Waals surface area (Å²) < 4.78 is 14.1. The average molecular weight is 339 g/mol. The Labute approximate surface area is 147 Å². The van der Waals surface area contributed by atoms with E-state index in [1.807, 2.05) is 26.8 Å². The largest absolute Gasteiger partial charge is 0.340 e. The van der Waals surface area contributed by atoms with Crippen molar-refractivity contribution in [3.63, 3.8) is 0 Å². The van der Waals surface area contributed by atoms with Gasteiger partial charge < -0.3 is 10.2 Å². The number of aryl methyl sites for hydroxylation is 1. The average Bonchev–Trinajstić information content (AvgIpc) is 2.55. The number of anilines is 1. The Kier molecular flexibility index (Phi) is 5.64. The summed E-state index contributed by atoms with van der Waals surface area (Å²) in [6, 6.07) is 10.1. The summed E-state index contributed by atoms with van der Waals surface area (Å²) in [5.74, 6) is 0.234. The van der Waals surface area contributed by atoms with E-state index < -0.39 is 0 Å². The maximum atomic E-state index is 14.1. The molecule has 6 heteroatoms. The first-order valence-electron chi connectivity index (χ1n) is 7.91. The Morgan fingerprint density at radius 2 is 2.04 bits per heavy atom. The lowest BCUT2D eigenvalue weighted by atomic mass is 10.1. The van der Waals surface area contributed by atoms with Crippen molar-refractivity contribution in [3.8, 4) is 0 Å². The number of hydrogen-bond donors (Lipinski definition) is 3. The Morgan fingerprint density at radius 1 is 1.32 bits per heavy atom. The number of nitrogens with zero attached hydrogens (tertiary/aromatic N) is 2. The van der Waals surface area contributed by atoms with Crippen molar-refractivity contribution < 1.29 is 4.39 Å². The second-order valence-electron chi connectivity index (χ2n) is 5.97. The lowest BCUT2D eigenvalue weighted by Crippen LogP contribution is -2.36. The van der Waals surface area contributed by atoms with E-state index in [0.717, 1.165) is 11.9 Å². The van der Waals surface area contributed by atoms with E-state index in [0.29, 0.717) is 22.8 Å². The third-order valence-corrected chi connectivity index (χ3v) is 3.67.